The van der Waals surface area contributed by atoms with E-state index < -0.39 is 5.91 Å². The molecule has 0 radical (unpaired) electrons. The van der Waals surface area contributed by atoms with Crippen molar-refractivity contribution in [2.24, 2.45) is 0 Å². The number of halogens is 1. The fraction of sp³-hybridized carbons (Fsp3) is 0.125. The van der Waals surface area contributed by atoms with Crippen LogP contribution >= 0.6 is 11.6 Å². The van der Waals surface area contributed by atoms with Gasteiger partial charge in [-0.2, -0.15) is 0 Å². The fourth-order valence-corrected chi connectivity index (χ4v) is 2.47. The van der Waals surface area contributed by atoms with E-state index in [1.54, 1.807) is 19.1 Å². The summed E-state index contributed by atoms with van der Waals surface area (Å²) in [5, 5.41) is 3.07. The van der Waals surface area contributed by atoms with Crippen LogP contribution < -0.4 is 5.32 Å². The third-order valence-corrected chi connectivity index (χ3v) is 3.74. The van der Waals surface area contributed by atoms with Crippen molar-refractivity contribution in [3.05, 3.63) is 58.2 Å². The molecule has 0 unspecified atom stereocenters. The lowest BCUT2D eigenvalue weighted by Crippen LogP contribution is -2.29. The first kappa shape index (κ1) is 15.2. The lowest BCUT2D eigenvalue weighted by Gasteiger charge is -2.08. The Kier molecular flexibility index (Phi) is 3.83. The Balaban J connectivity index is 1.87. The lowest BCUT2D eigenvalue weighted by molar-refractivity contribution is 0.0662. The Morgan fingerprint density at radius 3 is 2.57 bits per heavy atom. The number of nitrogens with one attached hydrogen (secondary N) is 1. The Bertz CT molecular complexity index is 818. The van der Waals surface area contributed by atoms with Gasteiger partial charge in [-0.3, -0.25) is 19.3 Å². The Morgan fingerprint density at radius 2 is 1.91 bits per heavy atom. The maximum atomic E-state index is 12.2. The topological polar surface area (TPSA) is 79.4 Å². The molecule has 0 aliphatic carbocycles. The molecule has 116 valence electrons. The molecule has 7 heteroatoms. The number of anilines is 1. The number of carbonyl (C=O) groups is 3. The SMILES string of the molecule is CCN1C(=O)c2ccc(C(=O)Nc3ccc(Cl)cn3)cc2C1=O. The highest BCUT2D eigenvalue weighted by atomic mass is 35.5. The summed E-state index contributed by atoms with van der Waals surface area (Å²) in [6.07, 6.45) is 1.42. The van der Waals surface area contributed by atoms with Crippen LogP contribution in [0.1, 0.15) is 38.0 Å². The Hall–Kier alpha value is -2.73. The molecule has 0 saturated carbocycles. The largest absolute Gasteiger partial charge is 0.307 e. The summed E-state index contributed by atoms with van der Waals surface area (Å²) in [7, 11) is 0. The summed E-state index contributed by atoms with van der Waals surface area (Å²) >= 11 is 5.74. The molecule has 0 bridgehead atoms. The molecular weight excluding hydrogens is 318 g/mol. The number of hydrogen-bond donors (Lipinski definition) is 1. The molecule has 1 N–H and O–H groups in total. The van der Waals surface area contributed by atoms with Gasteiger partial charge in [0.05, 0.1) is 16.1 Å². The van der Waals surface area contributed by atoms with Gasteiger partial charge in [-0.1, -0.05) is 11.6 Å². The van der Waals surface area contributed by atoms with Gasteiger partial charge in [-0.25, -0.2) is 4.98 Å². The zero-order valence-corrected chi connectivity index (χ0v) is 12.9. The second kappa shape index (κ2) is 5.81. The summed E-state index contributed by atoms with van der Waals surface area (Å²) in [6, 6.07) is 7.61. The molecule has 6 nitrogen and oxygen atoms in total. The van der Waals surface area contributed by atoms with Crippen LogP contribution in [0.25, 0.3) is 0 Å². The third kappa shape index (κ3) is 2.68. The second-order valence-corrected chi connectivity index (χ2v) is 5.37. The van der Waals surface area contributed by atoms with E-state index in [2.05, 4.69) is 10.3 Å². The Labute approximate surface area is 137 Å². The number of aromatic nitrogens is 1. The monoisotopic (exact) mass is 329 g/mol. The molecule has 0 fully saturated rings. The van der Waals surface area contributed by atoms with Gasteiger partial charge in [0.2, 0.25) is 0 Å². The van der Waals surface area contributed by atoms with Gasteiger partial charge < -0.3 is 5.32 Å². The summed E-state index contributed by atoms with van der Waals surface area (Å²) in [5.74, 6) is -0.791. The van der Waals surface area contributed by atoms with Crippen molar-refractivity contribution in [1.82, 2.24) is 9.88 Å². The van der Waals surface area contributed by atoms with Crippen molar-refractivity contribution < 1.29 is 14.4 Å². The number of nitrogens with zero attached hydrogens (tertiary/aromatic N) is 2. The number of fused-ring (bicyclic) bond motifs is 1. The van der Waals surface area contributed by atoms with Crippen molar-refractivity contribution in [3.63, 3.8) is 0 Å². The van der Waals surface area contributed by atoms with Crippen LogP contribution in [0.5, 0.6) is 0 Å². The predicted octanol–water partition coefficient (Wildman–Crippen LogP) is 2.60. The quantitative estimate of drug-likeness (QED) is 0.878. The average molecular weight is 330 g/mol. The van der Waals surface area contributed by atoms with E-state index >= 15 is 0 Å². The molecule has 0 atom stereocenters. The van der Waals surface area contributed by atoms with Gasteiger partial charge in [0.1, 0.15) is 5.82 Å². The van der Waals surface area contributed by atoms with Crippen molar-refractivity contribution in [3.8, 4) is 0 Å². The first-order valence-electron chi connectivity index (χ1n) is 6.94. The minimum Gasteiger partial charge on any atom is -0.307 e. The van der Waals surface area contributed by atoms with Crippen LogP contribution in [-0.4, -0.2) is 34.2 Å². The standard InChI is InChI=1S/C16H12ClN3O3/c1-2-20-15(22)11-5-3-9(7-12(11)16(20)23)14(21)19-13-6-4-10(17)8-18-13/h3-8H,2H2,1H3,(H,18,19,21). The number of pyridine rings is 1. The average Bonchev–Trinajstić information content (AvgIpc) is 2.80. The summed E-state index contributed by atoms with van der Waals surface area (Å²) < 4.78 is 0. The van der Waals surface area contributed by atoms with E-state index in [1.165, 1.54) is 24.4 Å². The highest BCUT2D eigenvalue weighted by Crippen LogP contribution is 2.24. The van der Waals surface area contributed by atoms with Crippen LogP contribution in [0.15, 0.2) is 36.5 Å². The minimum atomic E-state index is -0.419. The summed E-state index contributed by atoms with van der Waals surface area (Å²) in [5.41, 5.74) is 0.839. The van der Waals surface area contributed by atoms with Crippen LogP contribution in [-0.2, 0) is 0 Å². The molecule has 1 aromatic carbocycles. The summed E-state index contributed by atoms with van der Waals surface area (Å²) in [6.45, 7) is 2.02. The second-order valence-electron chi connectivity index (χ2n) is 4.93. The number of carbonyl (C=O) groups excluding carboxylic acids is 3. The van der Waals surface area contributed by atoms with Gasteiger partial charge in [0.15, 0.2) is 0 Å². The fourth-order valence-electron chi connectivity index (χ4n) is 2.36. The molecule has 0 saturated heterocycles. The van der Waals surface area contributed by atoms with Gasteiger partial charge in [-0.05, 0) is 37.3 Å². The van der Waals surface area contributed by atoms with E-state index in [1.807, 2.05) is 0 Å². The van der Waals surface area contributed by atoms with Crippen molar-refractivity contribution in [2.75, 3.05) is 11.9 Å². The molecule has 3 rings (SSSR count). The van der Waals surface area contributed by atoms with Gasteiger partial charge in [0.25, 0.3) is 17.7 Å². The van der Waals surface area contributed by atoms with E-state index in [-0.39, 0.29) is 22.9 Å². The first-order valence-corrected chi connectivity index (χ1v) is 7.32. The normalized spacial score (nSPS) is 13.2. The molecule has 2 aromatic rings. The van der Waals surface area contributed by atoms with Gasteiger partial charge in [-0.15, -0.1) is 0 Å². The predicted molar refractivity (Wildman–Crippen MR) is 84.7 cm³/mol. The highest BCUT2D eigenvalue weighted by Gasteiger charge is 2.34. The highest BCUT2D eigenvalue weighted by molar-refractivity contribution is 6.30. The molecule has 1 aromatic heterocycles. The number of amides is 3. The van der Waals surface area contributed by atoms with Crippen molar-refractivity contribution in [2.45, 2.75) is 6.92 Å². The number of rotatable bonds is 3. The van der Waals surface area contributed by atoms with E-state index in [0.29, 0.717) is 22.9 Å². The number of hydrogen-bond acceptors (Lipinski definition) is 4. The van der Waals surface area contributed by atoms with Crippen LogP contribution in [0.2, 0.25) is 5.02 Å². The van der Waals surface area contributed by atoms with Crippen molar-refractivity contribution >= 4 is 35.1 Å². The zero-order chi connectivity index (χ0) is 16.6. The number of imide groups is 1. The zero-order valence-electron chi connectivity index (χ0n) is 12.2. The number of benzene rings is 1. The lowest BCUT2D eigenvalue weighted by atomic mass is 10.1. The molecule has 2 heterocycles. The minimum absolute atomic E-state index is 0.244. The van der Waals surface area contributed by atoms with Crippen LogP contribution in [0, 0.1) is 0 Å². The molecule has 0 spiro atoms. The third-order valence-electron chi connectivity index (χ3n) is 3.52. The molecule has 1 aliphatic heterocycles. The molecule has 3 amide bonds. The first-order chi connectivity index (χ1) is 11.0. The Morgan fingerprint density at radius 1 is 1.17 bits per heavy atom. The van der Waals surface area contributed by atoms with E-state index in [4.69, 9.17) is 11.6 Å². The van der Waals surface area contributed by atoms with E-state index in [9.17, 15) is 14.4 Å². The maximum Gasteiger partial charge on any atom is 0.261 e. The summed E-state index contributed by atoms with van der Waals surface area (Å²) in [4.78, 5) is 41.5. The van der Waals surface area contributed by atoms with Crippen molar-refractivity contribution in [1.29, 1.82) is 0 Å². The molecular formula is C16H12ClN3O3. The van der Waals surface area contributed by atoms with Gasteiger partial charge >= 0.3 is 0 Å². The smallest absolute Gasteiger partial charge is 0.261 e. The van der Waals surface area contributed by atoms with E-state index in [0.717, 1.165) is 4.90 Å². The van der Waals surface area contributed by atoms with Crippen LogP contribution in [0.3, 0.4) is 0 Å². The molecule has 1 aliphatic rings. The molecule has 23 heavy (non-hydrogen) atoms. The van der Waals surface area contributed by atoms with Gasteiger partial charge in [0, 0.05) is 18.3 Å². The van der Waals surface area contributed by atoms with Crippen LogP contribution in [0.4, 0.5) is 5.82 Å². The maximum absolute atomic E-state index is 12.2.